The molecule has 0 radical (unpaired) electrons. The van der Waals surface area contributed by atoms with Gasteiger partial charge in [-0.25, -0.2) is 4.79 Å². The van der Waals surface area contributed by atoms with Crippen LogP contribution in [0.25, 0.3) is 0 Å². The Morgan fingerprint density at radius 1 is 1.18 bits per heavy atom. The number of amides is 1. The molecule has 2 fully saturated rings. The largest absolute Gasteiger partial charge is 0.443 e. The van der Waals surface area contributed by atoms with Gasteiger partial charge in [-0.05, 0) is 30.7 Å². The molecule has 1 amide bonds. The average Bonchev–Trinajstić information content (AvgIpc) is 2.78. The topological polar surface area (TPSA) is 75.9 Å². The fourth-order valence-corrected chi connectivity index (χ4v) is 3.88. The van der Waals surface area contributed by atoms with Gasteiger partial charge in [-0.15, -0.1) is 0 Å². The first-order valence-electron chi connectivity index (χ1n) is 7.55. The van der Waals surface area contributed by atoms with Gasteiger partial charge in [0.25, 0.3) is 0 Å². The molecule has 1 aromatic rings. The van der Waals surface area contributed by atoms with E-state index in [-0.39, 0.29) is 12.2 Å². The van der Waals surface area contributed by atoms with E-state index in [9.17, 15) is 9.00 Å². The monoisotopic (exact) mass is 323 g/mol. The average molecular weight is 323 g/mol. The molecule has 6 nitrogen and oxygen atoms in total. The summed E-state index contributed by atoms with van der Waals surface area (Å²) in [5, 5.41) is 0. The first-order valence-corrected chi connectivity index (χ1v) is 9.04. The molecule has 0 aliphatic carbocycles. The van der Waals surface area contributed by atoms with Gasteiger partial charge in [0.1, 0.15) is 6.10 Å². The molecular formula is C15H21N3O3S. The van der Waals surface area contributed by atoms with Crippen LogP contribution < -0.4 is 15.5 Å². The van der Waals surface area contributed by atoms with Gasteiger partial charge in [0.2, 0.25) is 0 Å². The Bertz CT molecular complexity index is 564. The number of hydrogen-bond donors (Lipinski definition) is 1. The molecule has 2 atom stereocenters. The van der Waals surface area contributed by atoms with Gasteiger partial charge in [0.15, 0.2) is 0 Å². The second-order valence-electron chi connectivity index (χ2n) is 5.56. The van der Waals surface area contributed by atoms with Crippen LogP contribution in [0.15, 0.2) is 24.3 Å². The molecular weight excluding hydrogens is 302 g/mol. The molecule has 2 aliphatic heterocycles. The second-order valence-corrected chi connectivity index (χ2v) is 7.25. The SMILES string of the molecule is NC[C@H]1CN(c2ccc(N3CCCS(=O)CC3)cc2)C(=O)O1. The van der Waals surface area contributed by atoms with Crippen LogP contribution in [0.1, 0.15) is 6.42 Å². The predicted molar refractivity (Wildman–Crippen MR) is 87.8 cm³/mol. The Morgan fingerprint density at radius 3 is 2.59 bits per heavy atom. The molecule has 2 aliphatic rings. The lowest BCUT2D eigenvalue weighted by Crippen LogP contribution is -2.28. The normalized spacial score (nSPS) is 26.0. The molecule has 3 rings (SSSR count). The number of anilines is 2. The van der Waals surface area contributed by atoms with Crippen molar-refractivity contribution in [2.24, 2.45) is 5.73 Å². The summed E-state index contributed by atoms with van der Waals surface area (Å²) in [4.78, 5) is 15.7. The zero-order chi connectivity index (χ0) is 15.5. The van der Waals surface area contributed by atoms with Crippen molar-refractivity contribution in [1.29, 1.82) is 0 Å². The summed E-state index contributed by atoms with van der Waals surface area (Å²) >= 11 is 0. The van der Waals surface area contributed by atoms with Crippen molar-refractivity contribution in [3.05, 3.63) is 24.3 Å². The van der Waals surface area contributed by atoms with Gasteiger partial charge >= 0.3 is 6.09 Å². The lowest BCUT2D eigenvalue weighted by molar-refractivity contribution is 0.145. The van der Waals surface area contributed by atoms with Crippen LogP contribution >= 0.6 is 0 Å². The molecule has 0 aromatic heterocycles. The maximum absolute atomic E-state index is 11.8. The van der Waals surface area contributed by atoms with Crippen LogP contribution in [0.3, 0.4) is 0 Å². The van der Waals surface area contributed by atoms with Crippen molar-refractivity contribution >= 4 is 28.3 Å². The molecule has 7 heteroatoms. The van der Waals surface area contributed by atoms with E-state index in [1.807, 2.05) is 24.3 Å². The van der Waals surface area contributed by atoms with Crippen molar-refractivity contribution in [3.63, 3.8) is 0 Å². The van der Waals surface area contributed by atoms with E-state index in [2.05, 4.69) is 4.90 Å². The van der Waals surface area contributed by atoms with E-state index in [1.165, 1.54) is 0 Å². The summed E-state index contributed by atoms with van der Waals surface area (Å²) in [5.74, 6) is 1.51. The number of benzene rings is 1. The summed E-state index contributed by atoms with van der Waals surface area (Å²) in [5.41, 5.74) is 7.47. The number of cyclic esters (lactones) is 1. The lowest BCUT2D eigenvalue weighted by atomic mass is 10.2. The standard InChI is InChI=1S/C15H21N3O3S/c16-10-14-11-18(15(19)21-14)13-4-2-12(3-5-13)17-6-1-8-22(20)9-7-17/h2-5,14H,1,6-11,16H2/t14-,22?/m0/s1. The Hall–Kier alpha value is -1.60. The van der Waals surface area contributed by atoms with Gasteiger partial charge in [-0.1, -0.05) is 0 Å². The zero-order valence-electron chi connectivity index (χ0n) is 12.4. The molecule has 2 heterocycles. The third kappa shape index (κ3) is 3.25. The fraction of sp³-hybridized carbons (Fsp3) is 0.533. The van der Waals surface area contributed by atoms with Crippen LogP contribution in [0.4, 0.5) is 16.2 Å². The number of hydrogen-bond acceptors (Lipinski definition) is 5. The van der Waals surface area contributed by atoms with Gasteiger partial charge in [-0.2, -0.15) is 0 Å². The van der Waals surface area contributed by atoms with E-state index in [1.54, 1.807) is 4.90 Å². The van der Waals surface area contributed by atoms with Crippen LogP contribution in [0, 0.1) is 0 Å². The van der Waals surface area contributed by atoms with E-state index in [0.717, 1.165) is 42.4 Å². The minimum atomic E-state index is -0.691. The first-order chi connectivity index (χ1) is 10.7. The summed E-state index contributed by atoms with van der Waals surface area (Å²) in [6, 6.07) is 7.87. The number of ether oxygens (including phenoxy) is 1. The molecule has 22 heavy (non-hydrogen) atoms. The molecule has 0 spiro atoms. The number of nitrogens with zero attached hydrogens (tertiary/aromatic N) is 2. The lowest BCUT2D eigenvalue weighted by Gasteiger charge is -2.23. The summed E-state index contributed by atoms with van der Waals surface area (Å²) in [6.07, 6.45) is 0.381. The third-order valence-electron chi connectivity index (χ3n) is 4.05. The highest BCUT2D eigenvalue weighted by Gasteiger charge is 2.31. The maximum Gasteiger partial charge on any atom is 0.414 e. The first kappa shape index (κ1) is 15.3. The minimum Gasteiger partial charge on any atom is -0.443 e. The minimum absolute atomic E-state index is 0.229. The number of carbonyl (C=O) groups excluding carboxylic acids is 1. The van der Waals surface area contributed by atoms with Crippen LogP contribution in [0.2, 0.25) is 0 Å². The molecule has 1 unspecified atom stereocenters. The van der Waals surface area contributed by atoms with Crippen molar-refractivity contribution in [1.82, 2.24) is 0 Å². The van der Waals surface area contributed by atoms with Crippen LogP contribution in [0.5, 0.6) is 0 Å². The Balaban J connectivity index is 1.70. The maximum atomic E-state index is 11.8. The molecule has 1 aromatic carbocycles. The van der Waals surface area contributed by atoms with E-state index < -0.39 is 10.8 Å². The number of carbonyl (C=O) groups is 1. The summed E-state index contributed by atoms with van der Waals surface area (Å²) < 4.78 is 16.8. The van der Waals surface area contributed by atoms with Crippen molar-refractivity contribution in [3.8, 4) is 0 Å². The Kier molecular flexibility index (Phi) is 4.63. The van der Waals surface area contributed by atoms with E-state index >= 15 is 0 Å². The number of rotatable bonds is 3. The van der Waals surface area contributed by atoms with Crippen LogP contribution in [-0.4, -0.2) is 54.1 Å². The van der Waals surface area contributed by atoms with Gasteiger partial charge < -0.3 is 15.4 Å². The molecule has 2 N–H and O–H groups in total. The smallest absolute Gasteiger partial charge is 0.414 e. The van der Waals surface area contributed by atoms with E-state index in [0.29, 0.717) is 13.1 Å². The summed E-state index contributed by atoms with van der Waals surface area (Å²) in [6.45, 7) is 2.57. The Morgan fingerprint density at radius 2 is 1.91 bits per heavy atom. The van der Waals surface area contributed by atoms with Crippen molar-refractivity contribution in [2.75, 3.05) is 47.5 Å². The number of nitrogens with two attached hydrogens (primary N) is 1. The van der Waals surface area contributed by atoms with Crippen molar-refractivity contribution < 1.29 is 13.7 Å². The zero-order valence-corrected chi connectivity index (χ0v) is 13.3. The Labute approximate surface area is 132 Å². The van der Waals surface area contributed by atoms with E-state index in [4.69, 9.17) is 10.5 Å². The second kappa shape index (κ2) is 6.66. The fourth-order valence-electron chi connectivity index (χ4n) is 2.80. The third-order valence-corrected chi connectivity index (χ3v) is 5.43. The molecule has 0 saturated carbocycles. The van der Waals surface area contributed by atoms with Crippen molar-refractivity contribution in [2.45, 2.75) is 12.5 Å². The van der Waals surface area contributed by atoms with Crippen LogP contribution in [-0.2, 0) is 15.5 Å². The predicted octanol–water partition coefficient (Wildman–Crippen LogP) is 0.929. The van der Waals surface area contributed by atoms with Gasteiger partial charge in [0.05, 0.1) is 6.54 Å². The highest BCUT2D eigenvalue weighted by atomic mass is 32.2. The molecule has 0 bridgehead atoms. The van der Waals surface area contributed by atoms with Gasteiger partial charge in [-0.3, -0.25) is 9.11 Å². The molecule has 2 saturated heterocycles. The summed E-state index contributed by atoms with van der Waals surface area (Å²) in [7, 11) is -0.691. The highest BCUT2D eigenvalue weighted by molar-refractivity contribution is 7.85. The highest BCUT2D eigenvalue weighted by Crippen LogP contribution is 2.25. The quantitative estimate of drug-likeness (QED) is 0.895. The van der Waals surface area contributed by atoms with Gasteiger partial charge in [0, 0.05) is 53.3 Å². The molecule has 120 valence electrons.